The second kappa shape index (κ2) is 7.25. The van der Waals surface area contributed by atoms with E-state index >= 15 is 0 Å². The molecule has 0 atom stereocenters. The number of nitrogens with two attached hydrogens (primary N) is 1. The number of benzene rings is 1. The van der Waals surface area contributed by atoms with E-state index in [2.05, 4.69) is 5.32 Å². The van der Waals surface area contributed by atoms with Crippen molar-refractivity contribution in [1.29, 1.82) is 0 Å². The van der Waals surface area contributed by atoms with Crippen molar-refractivity contribution in [1.82, 2.24) is 5.32 Å². The number of hydrogen-bond acceptors (Lipinski definition) is 2. The maximum atomic E-state index is 11.3. The van der Waals surface area contributed by atoms with E-state index in [-0.39, 0.29) is 5.91 Å². The summed E-state index contributed by atoms with van der Waals surface area (Å²) in [6.45, 7) is 1.22. The van der Waals surface area contributed by atoms with Crippen LogP contribution in [0.3, 0.4) is 0 Å². The Hall–Kier alpha value is -1.06. The van der Waals surface area contributed by atoms with Crippen molar-refractivity contribution < 1.29 is 4.79 Å². The van der Waals surface area contributed by atoms with Gasteiger partial charge in [-0.15, -0.1) is 0 Å². The van der Waals surface area contributed by atoms with Gasteiger partial charge in [0.05, 0.1) is 0 Å². The van der Waals surface area contributed by atoms with Gasteiger partial charge < -0.3 is 11.1 Å². The Labute approximate surface area is 101 Å². The lowest BCUT2D eigenvalue weighted by Gasteiger charge is -2.04. The molecule has 0 aliphatic rings. The Bertz CT molecular complexity index is 324. The molecule has 0 aliphatic heterocycles. The Morgan fingerprint density at radius 1 is 1.31 bits per heavy atom. The van der Waals surface area contributed by atoms with Gasteiger partial charge in [0, 0.05) is 18.0 Å². The summed E-state index contributed by atoms with van der Waals surface area (Å²) >= 11 is 5.77. The van der Waals surface area contributed by atoms with Gasteiger partial charge in [-0.05, 0) is 37.1 Å². The first kappa shape index (κ1) is 13.0. The highest BCUT2D eigenvalue weighted by Gasteiger charge is 1.99. The fraction of sp³-hybridized carbons (Fsp3) is 0.417. The number of nitrogens with one attached hydrogen (secondary N) is 1. The van der Waals surface area contributed by atoms with Crippen LogP contribution in [-0.2, 0) is 11.2 Å². The first-order valence-corrected chi connectivity index (χ1v) is 5.81. The van der Waals surface area contributed by atoms with Crippen LogP contribution in [0.15, 0.2) is 24.3 Å². The average Bonchev–Trinajstić information content (AvgIpc) is 2.29. The molecule has 3 nitrogen and oxygen atoms in total. The van der Waals surface area contributed by atoms with Crippen LogP contribution in [0.25, 0.3) is 0 Å². The Balaban J connectivity index is 2.20. The van der Waals surface area contributed by atoms with Gasteiger partial charge in [-0.1, -0.05) is 23.7 Å². The predicted molar refractivity (Wildman–Crippen MR) is 66.5 cm³/mol. The normalized spacial score (nSPS) is 10.1. The van der Waals surface area contributed by atoms with Crippen LogP contribution in [0.4, 0.5) is 0 Å². The first-order chi connectivity index (χ1) is 7.72. The second-order valence-corrected chi connectivity index (χ2v) is 4.06. The molecule has 0 heterocycles. The van der Waals surface area contributed by atoms with Crippen molar-refractivity contribution in [3.63, 3.8) is 0 Å². The minimum absolute atomic E-state index is 0.0689. The largest absolute Gasteiger partial charge is 0.356 e. The third kappa shape index (κ3) is 5.14. The molecule has 16 heavy (non-hydrogen) atoms. The van der Waals surface area contributed by atoms with Crippen molar-refractivity contribution in [3.05, 3.63) is 34.9 Å². The molecule has 0 saturated heterocycles. The molecule has 0 unspecified atom stereocenters. The van der Waals surface area contributed by atoms with Gasteiger partial charge in [0.2, 0.25) is 5.91 Å². The maximum absolute atomic E-state index is 11.3. The quantitative estimate of drug-likeness (QED) is 0.796. The first-order valence-electron chi connectivity index (χ1n) is 5.43. The molecule has 0 fully saturated rings. The van der Waals surface area contributed by atoms with Gasteiger partial charge in [-0.25, -0.2) is 0 Å². The van der Waals surface area contributed by atoms with E-state index in [1.165, 1.54) is 5.56 Å². The minimum atomic E-state index is 0.0689. The number of hydrogen-bond donors (Lipinski definition) is 2. The number of rotatable bonds is 6. The molecular weight excluding hydrogens is 224 g/mol. The van der Waals surface area contributed by atoms with E-state index in [4.69, 9.17) is 17.3 Å². The molecule has 0 radical (unpaired) electrons. The maximum Gasteiger partial charge on any atom is 0.220 e. The van der Waals surface area contributed by atoms with Crippen molar-refractivity contribution in [2.45, 2.75) is 19.3 Å². The molecule has 0 bridgehead atoms. The summed E-state index contributed by atoms with van der Waals surface area (Å²) in [5.41, 5.74) is 6.49. The molecule has 3 N–H and O–H groups in total. The second-order valence-electron chi connectivity index (χ2n) is 3.62. The zero-order valence-corrected chi connectivity index (χ0v) is 9.96. The van der Waals surface area contributed by atoms with Crippen LogP contribution in [0.1, 0.15) is 18.4 Å². The van der Waals surface area contributed by atoms with E-state index in [0.717, 1.165) is 17.9 Å². The van der Waals surface area contributed by atoms with Crippen molar-refractivity contribution >= 4 is 17.5 Å². The lowest BCUT2D eigenvalue weighted by molar-refractivity contribution is -0.121. The zero-order chi connectivity index (χ0) is 11.8. The molecule has 88 valence electrons. The third-order valence-corrected chi connectivity index (χ3v) is 2.51. The van der Waals surface area contributed by atoms with E-state index in [1.807, 2.05) is 24.3 Å². The summed E-state index contributed by atoms with van der Waals surface area (Å²) in [6, 6.07) is 7.64. The minimum Gasteiger partial charge on any atom is -0.356 e. The SMILES string of the molecule is NCCCC(=O)NCCc1ccc(Cl)cc1. The van der Waals surface area contributed by atoms with E-state index in [1.54, 1.807) is 0 Å². The number of carbonyl (C=O) groups excluding carboxylic acids is 1. The molecule has 4 heteroatoms. The Morgan fingerprint density at radius 2 is 2.00 bits per heavy atom. The molecule has 1 rings (SSSR count). The van der Waals surface area contributed by atoms with Crippen LogP contribution < -0.4 is 11.1 Å². The highest BCUT2D eigenvalue weighted by molar-refractivity contribution is 6.30. The van der Waals surface area contributed by atoms with Gasteiger partial charge in [0.15, 0.2) is 0 Å². The molecule has 1 aromatic rings. The Kier molecular flexibility index (Phi) is 5.90. The fourth-order valence-corrected chi connectivity index (χ4v) is 1.47. The van der Waals surface area contributed by atoms with Crippen molar-refractivity contribution in [3.8, 4) is 0 Å². The smallest absolute Gasteiger partial charge is 0.220 e. The van der Waals surface area contributed by atoms with Gasteiger partial charge in [-0.2, -0.15) is 0 Å². The van der Waals surface area contributed by atoms with Crippen LogP contribution in [-0.4, -0.2) is 19.0 Å². The van der Waals surface area contributed by atoms with Gasteiger partial charge in [0.1, 0.15) is 0 Å². The van der Waals surface area contributed by atoms with E-state index in [9.17, 15) is 4.79 Å². The fourth-order valence-electron chi connectivity index (χ4n) is 1.35. The number of carbonyl (C=O) groups is 1. The molecule has 0 spiro atoms. The van der Waals surface area contributed by atoms with E-state index < -0.39 is 0 Å². The van der Waals surface area contributed by atoms with E-state index in [0.29, 0.717) is 19.5 Å². The summed E-state index contributed by atoms with van der Waals surface area (Å²) < 4.78 is 0. The molecule has 0 saturated carbocycles. The summed E-state index contributed by atoms with van der Waals surface area (Å²) in [5, 5.41) is 3.59. The highest BCUT2D eigenvalue weighted by atomic mass is 35.5. The van der Waals surface area contributed by atoms with Gasteiger partial charge in [0.25, 0.3) is 0 Å². The molecule has 1 amide bonds. The monoisotopic (exact) mass is 240 g/mol. The van der Waals surface area contributed by atoms with Crippen molar-refractivity contribution in [2.75, 3.05) is 13.1 Å². The standard InChI is InChI=1S/C12H17ClN2O/c13-11-5-3-10(4-6-11)7-9-15-12(16)2-1-8-14/h3-6H,1-2,7-9,14H2,(H,15,16). The summed E-state index contributed by atoms with van der Waals surface area (Å²) in [4.78, 5) is 11.3. The van der Waals surface area contributed by atoms with Crippen LogP contribution >= 0.6 is 11.6 Å². The molecule has 0 aromatic heterocycles. The predicted octanol–water partition coefficient (Wildman–Crippen LogP) is 1.74. The van der Waals surface area contributed by atoms with Gasteiger partial charge >= 0.3 is 0 Å². The van der Waals surface area contributed by atoms with Crippen LogP contribution in [0, 0.1) is 0 Å². The topological polar surface area (TPSA) is 55.1 Å². The third-order valence-electron chi connectivity index (χ3n) is 2.26. The summed E-state index contributed by atoms with van der Waals surface area (Å²) in [7, 11) is 0. The van der Waals surface area contributed by atoms with Crippen LogP contribution in [0.2, 0.25) is 5.02 Å². The highest BCUT2D eigenvalue weighted by Crippen LogP contribution is 2.09. The number of amides is 1. The zero-order valence-electron chi connectivity index (χ0n) is 9.21. The molecular formula is C12H17ClN2O. The van der Waals surface area contributed by atoms with Crippen molar-refractivity contribution in [2.24, 2.45) is 5.73 Å². The van der Waals surface area contributed by atoms with Gasteiger partial charge in [-0.3, -0.25) is 4.79 Å². The lowest BCUT2D eigenvalue weighted by Crippen LogP contribution is -2.25. The summed E-state index contributed by atoms with van der Waals surface area (Å²) in [5.74, 6) is 0.0689. The number of halogens is 1. The van der Waals surface area contributed by atoms with Crippen LogP contribution in [0.5, 0.6) is 0 Å². The Morgan fingerprint density at radius 3 is 2.62 bits per heavy atom. The summed E-state index contributed by atoms with van der Waals surface area (Å²) in [6.07, 6.45) is 2.08. The molecule has 0 aliphatic carbocycles. The lowest BCUT2D eigenvalue weighted by atomic mass is 10.1. The molecule has 1 aromatic carbocycles. The average molecular weight is 241 g/mol.